The molecule has 0 aromatic carbocycles. The zero-order chi connectivity index (χ0) is 45.6. The summed E-state index contributed by atoms with van der Waals surface area (Å²) in [5, 5.41) is 152. The average molecular weight is 895 g/mol. The Bertz CT molecular complexity index is 1410. The third-order valence-electron chi connectivity index (χ3n) is 10.6. The number of aliphatic hydroxyl groups is 14. The van der Waals surface area contributed by atoms with Crippen molar-refractivity contribution in [1.29, 1.82) is 0 Å². The van der Waals surface area contributed by atoms with Crippen LogP contribution in [0, 0.1) is 0 Å². The van der Waals surface area contributed by atoms with Crippen molar-refractivity contribution in [3.63, 3.8) is 0 Å². The smallest absolute Gasteiger partial charge is 0.217 e. The van der Waals surface area contributed by atoms with Gasteiger partial charge >= 0.3 is 0 Å². The van der Waals surface area contributed by atoms with E-state index in [4.69, 9.17) is 37.9 Å². The molecule has 4 fully saturated rings. The molecule has 0 unspecified atom stereocenters. The Balaban J connectivity index is 1.77. The van der Waals surface area contributed by atoms with Crippen molar-refractivity contribution >= 4 is 18.1 Å². The fourth-order valence-electron chi connectivity index (χ4n) is 7.29. The van der Waals surface area contributed by atoms with Crippen molar-refractivity contribution in [3.05, 3.63) is 0 Å². The summed E-state index contributed by atoms with van der Waals surface area (Å²) < 4.78 is 46.6. The lowest BCUT2D eigenvalue weighted by molar-refractivity contribution is -0.399. The minimum absolute atomic E-state index is 0.0952. The second-order valence-electron chi connectivity index (χ2n) is 15.0. The van der Waals surface area contributed by atoms with Crippen LogP contribution in [0.5, 0.6) is 0 Å². The Labute approximate surface area is 346 Å². The van der Waals surface area contributed by atoms with E-state index < -0.39 is 185 Å². The van der Waals surface area contributed by atoms with E-state index in [0.717, 1.165) is 13.8 Å². The van der Waals surface area contributed by atoms with Crippen LogP contribution in [0.25, 0.3) is 0 Å². The molecule has 0 spiro atoms. The molecule has 0 bridgehead atoms. The van der Waals surface area contributed by atoms with Gasteiger partial charge in [-0.05, 0) is 6.92 Å². The standard InChI is InChI=1S/C34H58N2O25/c1-9-19(46)25(52)26(53)33(54-9)61-30-29(60-31-17(35-10(2)42)23(50)21(48)14(6-39)55-31)22(49)15(7-40)56-34(30)59-28-16(8-41)57-32(18(24(28)51)36-11(3)43)58-27(13(45)5-38)20(47)12(44)4-37/h5,9,12-34,37,39-41,44-53H,4,6-8H2,1-3H3,(H,35,42)(H,36,43)/t9-,12+,13-,14+,15+,16+,17+,18+,19+,20-,21-,22-,23+,24+,25+,26-,27+,28+,29-,30+,31+,32-,33-,34-/m0/s1. The van der Waals surface area contributed by atoms with E-state index in [2.05, 4.69) is 10.6 Å². The van der Waals surface area contributed by atoms with Crippen LogP contribution in [0.2, 0.25) is 0 Å². The molecule has 4 aliphatic rings. The van der Waals surface area contributed by atoms with Crippen LogP contribution >= 0.6 is 0 Å². The molecule has 4 aliphatic heterocycles. The van der Waals surface area contributed by atoms with Gasteiger partial charge in [-0.15, -0.1) is 0 Å². The Hall–Kier alpha value is -2.27. The van der Waals surface area contributed by atoms with Gasteiger partial charge in [0.25, 0.3) is 0 Å². The fraction of sp³-hybridized carbons (Fsp3) is 0.912. The second-order valence-corrected chi connectivity index (χ2v) is 15.0. The lowest BCUT2D eigenvalue weighted by Gasteiger charge is -2.51. The van der Waals surface area contributed by atoms with E-state index in [1.807, 2.05) is 0 Å². The summed E-state index contributed by atoms with van der Waals surface area (Å²) in [6.45, 7) is -0.719. The van der Waals surface area contributed by atoms with Gasteiger partial charge in [-0.2, -0.15) is 0 Å². The molecule has 4 rings (SSSR count). The molecule has 16 N–H and O–H groups in total. The van der Waals surface area contributed by atoms with Crippen LogP contribution in [0.4, 0.5) is 0 Å². The maximum atomic E-state index is 12.4. The minimum Gasteiger partial charge on any atom is -0.394 e. The molecule has 0 aromatic rings. The zero-order valence-corrected chi connectivity index (χ0v) is 33.0. The van der Waals surface area contributed by atoms with Gasteiger partial charge in [-0.1, -0.05) is 0 Å². The Morgan fingerprint density at radius 2 is 1.10 bits per heavy atom. The van der Waals surface area contributed by atoms with Crippen LogP contribution in [-0.4, -0.2) is 263 Å². The Kier molecular flexibility index (Phi) is 19.0. The van der Waals surface area contributed by atoms with Crippen LogP contribution in [0.3, 0.4) is 0 Å². The molecule has 27 nitrogen and oxygen atoms in total. The molecular formula is C34H58N2O25. The molecular weight excluding hydrogens is 836 g/mol. The van der Waals surface area contributed by atoms with Gasteiger partial charge in [0.05, 0.1) is 32.5 Å². The normalized spacial score (nSPS) is 44.0. The number of hydrogen-bond acceptors (Lipinski definition) is 25. The van der Waals surface area contributed by atoms with Gasteiger partial charge in [0.15, 0.2) is 31.4 Å². The number of nitrogens with one attached hydrogen (secondary N) is 2. The van der Waals surface area contributed by atoms with Gasteiger partial charge in [0.2, 0.25) is 11.8 Å². The molecule has 0 aliphatic carbocycles. The number of hydrogen-bond donors (Lipinski definition) is 16. The molecule has 0 saturated carbocycles. The summed E-state index contributed by atoms with van der Waals surface area (Å²) in [7, 11) is 0. The first-order valence-corrected chi connectivity index (χ1v) is 19.2. The molecule has 27 heteroatoms. The predicted molar refractivity (Wildman–Crippen MR) is 189 cm³/mol. The van der Waals surface area contributed by atoms with E-state index in [1.165, 1.54) is 6.92 Å². The SMILES string of the molecule is CC(=O)N[C@H]1[C@H](O[C@@H]([C@@H](O)[C@H](O)CO)[C@@H](O)C=O)O[C@H](CO)[C@@H](O[C@@H]2O[C@H](CO)[C@H](O)[C@H](O[C@H]3O[C@H](CO)[C@H](O)[C@H](O)[C@H]3NC(C)=O)[C@H]2O[C@@H]2O[C@@H](C)[C@@H](O)[C@@H](O)[C@@H]2O)[C@@H]1O. The van der Waals surface area contributed by atoms with E-state index in [1.54, 1.807) is 0 Å². The Morgan fingerprint density at radius 1 is 0.590 bits per heavy atom. The third kappa shape index (κ3) is 11.7. The topological polar surface area (TPSA) is 432 Å². The summed E-state index contributed by atoms with van der Waals surface area (Å²) in [6, 6.07) is -3.43. The van der Waals surface area contributed by atoms with Gasteiger partial charge in [0.1, 0.15) is 116 Å². The molecule has 0 aromatic heterocycles. The van der Waals surface area contributed by atoms with Gasteiger partial charge < -0.3 is 125 Å². The van der Waals surface area contributed by atoms with Crippen LogP contribution in [0.1, 0.15) is 20.8 Å². The van der Waals surface area contributed by atoms with Crippen molar-refractivity contribution < 1.29 is 124 Å². The van der Waals surface area contributed by atoms with Crippen LogP contribution in [0.15, 0.2) is 0 Å². The zero-order valence-electron chi connectivity index (χ0n) is 33.0. The predicted octanol–water partition coefficient (Wildman–Crippen LogP) is -10.8. The number of amides is 2. The summed E-state index contributed by atoms with van der Waals surface area (Å²) in [5.74, 6) is -1.62. The maximum Gasteiger partial charge on any atom is 0.217 e. The number of aliphatic hydroxyl groups excluding tert-OH is 14. The van der Waals surface area contributed by atoms with Gasteiger partial charge in [-0.25, -0.2) is 0 Å². The largest absolute Gasteiger partial charge is 0.394 e. The second kappa shape index (κ2) is 22.6. The number of ether oxygens (including phenoxy) is 8. The molecule has 0 radical (unpaired) electrons. The quantitative estimate of drug-likeness (QED) is 0.0568. The minimum atomic E-state index is -2.20. The lowest BCUT2D eigenvalue weighted by Crippen LogP contribution is -2.70. The number of rotatable bonds is 18. The highest BCUT2D eigenvalue weighted by atomic mass is 16.8. The molecule has 354 valence electrons. The summed E-state index contributed by atoms with van der Waals surface area (Å²) >= 11 is 0. The van der Waals surface area contributed by atoms with Crippen LogP contribution in [-0.2, 0) is 52.3 Å². The first kappa shape index (κ1) is 51.4. The average Bonchev–Trinajstić information content (AvgIpc) is 3.23. The van der Waals surface area contributed by atoms with Crippen molar-refractivity contribution in [2.24, 2.45) is 0 Å². The van der Waals surface area contributed by atoms with Crippen LogP contribution < -0.4 is 10.6 Å². The van der Waals surface area contributed by atoms with E-state index in [0.29, 0.717) is 0 Å². The highest BCUT2D eigenvalue weighted by Crippen LogP contribution is 2.36. The number of carbonyl (C=O) groups is 3. The Morgan fingerprint density at radius 3 is 1.64 bits per heavy atom. The third-order valence-corrected chi connectivity index (χ3v) is 10.6. The highest BCUT2D eigenvalue weighted by Gasteiger charge is 2.57. The van der Waals surface area contributed by atoms with Gasteiger partial charge in [-0.3, -0.25) is 9.59 Å². The molecule has 4 saturated heterocycles. The molecule has 61 heavy (non-hydrogen) atoms. The van der Waals surface area contributed by atoms with E-state index in [-0.39, 0.29) is 6.29 Å². The first-order valence-electron chi connectivity index (χ1n) is 19.2. The van der Waals surface area contributed by atoms with Crippen molar-refractivity contribution in [3.8, 4) is 0 Å². The van der Waals surface area contributed by atoms with Crippen molar-refractivity contribution in [2.75, 3.05) is 26.4 Å². The van der Waals surface area contributed by atoms with Crippen molar-refractivity contribution in [2.45, 2.75) is 168 Å². The molecule has 2 amide bonds. The molecule has 24 atom stereocenters. The number of aldehydes is 1. The summed E-state index contributed by atoms with van der Waals surface area (Å²) in [6.07, 6.45) is -41.9. The maximum absolute atomic E-state index is 12.4. The number of carbonyl (C=O) groups excluding carboxylic acids is 3. The fourth-order valence-corrected chi connectivity index (χ4v) is 7.29. The summed E-state index contributed by atoms with van der Waals surface area (Å²) in [4.78, 5) is 36.1. The first-order chi connectivity index (χ1) is 28.7. The van der Waals surface area contributed by atoms with Crippen molar-refractivity contribution in [1.82, 2.24) is 10.6 Å². The van der Waals surface area contributed by atoms with E-state index >= 15 is 0 Å². The van der Waals surface area contributed by atoms with Gasteiger partial charge in [0, 0.05) is 13.8 Å². The van der Waals surface area contributed by atoms with E-state index in [9.17, 15) is 85.9 Å². The monoisotopic (exact) mass is 894 g/mol. The molecule has 4 heterocycles. The highest BCUT2D eigenvalue weighted by molar-refractivity contribution is 5.73. The summed E-state index contributed by atoms with van der Waals surface area (Å²) in [5.41, 5.74) is 0. The lowest BCUT2D eigenvalue weighted by atomic mass is 9.94.